The summed E-state index contributed by atoms with van der Waals surface area (Å²) < 4.78 is 29.8. The van der Waals surface area contributed by atoms with Crippen molar-refractivity contribution in [3.05, 3.63) is 76.5 Å². The second-order valence-corrected chi connectivity index (χ2v) is 9.45. The second kappa shape index (κ2) is 7.90. The highest BCUT2D eigenvalue weighted by Crippen LogP contribution is 2.51. The molecular formula is C26H25FN2O5. The first-order chi connectivity index (χ1) is 16.2. The molecule has 0 spiro atoms. The maximum Gasteiger partial charge on any atom is 0.338 e. The summed E-state index contributed by atoms with van der Waals surface area (Å²) in [6, 6.07) is 11.1. The van der Waals surface area contributed by atoms with Crippen LogP contribution < -0.4 is 20.1 Å². The fourth-order valence-corrected chi connectivity index (χ4v) is 5.03. The number of allylic oxidation sites excluding steroid dienone is 2. The highest BCUT2D eigenvalue weighted by atomic mass is 19.1. The van der Waals surface area contributed by atoms with E-state index in [0.29, 0.717) is 46.9 Å². The van der Waals surface area contributed by atoms with Crippen LogP contribution in [0, 0.1) is 11.2 Å². The van der Waals surface area contributed by atoms with E-state index in [1.807, 2.05) is 13.8 Å². The van der Waals surface area contributed by atoms with Gasteiger partial charge in [0.2, 0.25) is 6.79 Å². The van der Waals surface area contributed by atoms with Gasteiger partial charge in [0.25, 0.3) is 0 Å². The number of Topliss-reactive ketones (excluding diaryl/α,β-unsaturated/α-hetero) is 1. The number of carbonyl (C=O) groups is 2. The molecule has 176 valence electrons. The summed E-state index contributed by atoms with van der Waals surface area (Å²) in [4.78, 5) is 28.4. The Morgan fingerprint density at radius 1 is 1.12 bits per heavy atom. The number of benzene rings is 2. The van der Waals surface area contributed by atoms with Crippen LogP contribution in [0.15, 0.2) is 65.1 Å². The van der Waals surface area contributed by atoms with Crippen LogP contribution >= 0.6 is 0 Å². The predicted molar refractivity (Wildman–Crippen MR) is 122 cm³/mol. The molecule has 5 rings (SSSR count). The molecular weight excluding hydrogens is 439 g/mol. The molecule has 0 saturated heterocycles. The molecule has 3 aliphatic rings. The first kappa shape index (κ1) is 22.0. The SMILES string of the molecule is COC(=O)C1=C(N)N(c2ccc(F)cc2)C2=C(C(=O)CC(C)(C)C2)[C@@H]1c1ccc2c(c1)OCO2. The van der Waals surface area contributed by atoms with E-state index in [0.717, 1.165) is 0 Å². The van der Waals surface area contributed by atoms with Gasteiger partial charge >= 0.3 is 5.97 Å². The molecule has 0 bridgehead atoms. The Labute approximate surface area is 196 Å². The molecule has 2 N–H and O–H groups in total. The monoisotopic (exact) mass is 464 g/mol. The van der Waals surface area contributed by atoms with Crippen LogP contribution in [0.3, 0.4) is 0 Å². The molecule has 7 nitrogen and oxygen atoms in total. The standard InChI is InChI=1S/C26H25FN2O5/c1-26(2)11-17-22(18(30)12-26)21(14-4-9-19-20(10-14)34-13-33-19)23(25(31)32-3)24(28)29(17)16-7-5-15(27)6-8-16/h4-10,21H,11-13,28H2,1-3H3/t21-/m0/s1. The molecule has 1 atom stereocenters. The molecule has 1 aliphatic carbocycles. The lowest BCUT2D eigenvalue weighted by Crippen LogP contribution is -2.43. The molecule has 2 aromatic rings. The lowest BCUT2D eigenvalue weighted by molar-refractivity contribution is -0.136. The van der Waals surface area contributed by atoms with Gasteiger partial charge in [-0.05, 0) is 53.8 Å². The zero-order valence-corrected chi connectivity index (χ0v) is 19.2. The number of methoxy groups -OCH3 is 1. The van der Waals surface area contributed by atoms with Gasteiger partial charge in [0.05, 0.1) is 18.6 Å². The average molecular weight is 464 g/mol. The van der Waals surface area contributed by atoms with Crippen LogP contribution in [0.1, 0.15) is 38.2 Å². The van der Waals surface area contributed by atoms with Crippen molar-refractivity contribution in [1.82, 2.24) is 0 Å². The minimum Gasteiger partial charge on any atom is -0.466 e. The zero-order chi connectivity index (χ0) is 24.2. The number of hydrogen-bond acceptors (Lipinski definition) is 7. The van der Waals surface area contributed by atoms with Crippen molar-refractivity contribution in [3.63, 3.8) is 0 Å². The minimum absolute atomic E-state index is 0.0741. The lowest BCUT2D eigenvalue weighted by atomic mass is 9.68. The lowest BCUT2D eigenvalue weighted by Gasteiger charge is -2.44. The molecule has 0 saturated carbocycles. The Balaban J connectivity index is 1.78. The summed E-state index contributed by atoms with van der Waals surface area (Å²) in [6.45, 7) is 4.14. The van der Waals surface area contributed by atoms with Gasteiger partial charge in [0.1, 0.15) is 11.6 Å². The number of anilines is 1. The Hall–Kier alpha value is -3.81. The van der Waals surface area contributed by atoms with Gasteiger partial charge in [-0.1, -0.05) is 19.9 Å². The van der Waals surface area contributed by atoms with Crippen molar-refractivity contribution in [2.75, 3.05) is 18.8 Å². The van der Waals surface area contributed by atoms with Crippen molar-refractivity contribution in [2.24, 2.45) is 11.1 Å². The van der Waals surface area contributed by atoms with E-state index in [4.69, 9.17) is 19.9 Å². The molecule has 2 aromatic carbocycles. The maximum absolute atomic E-state index is 13.7. The van der Waals surface area contributed by atoms with E-state index < -0.39 is 17.7 Å². The number of halogens is 1. The van der Waals surface area contributed by atoms with Crippen LogP contribution in [0.4, 0.5) is 10.1 Å². The Bertz CT molecular complexity index is 1260. The molecule has 0 fully saturated rings. The predicted octanol–water partition coefficient (Wildman–Crippen LogP) is 4.14. The molecule has 0 aromatic heterocycles. The number of ether oxygens (including phenoxy) is 3. The average Bonchev–Trinajstić information content (AvgIpc) is 3.26. The zero-order valence-electron chi connectivity index (χ0n) is 19.2. The highest BCUT2D eigenvalue weighted by molar-refractivity contribution is 6.05. The molecule has 2 aliphatic heterocycles. The van der Waals surface area contributed by atoms with E-state index >= 15 is 0 Å². The van der Waals surface area contributed by atoms with Crippen molar-refractivity contribution in [3.8, 4) is 11.5 Å². The van der Waals surface area contributed by atoms with Crippen LogP contribution in [0.5, 0.6) is 11.5 Å². The summed E-state index contributed by atoms with van der Waals surface area (Å²) >= 11 is 0. The molecule has 0 radical (unpaired) electrons. The fraction of sp³-hybridized carbons (Fsp3) is 0.308. The van der Waals surface area contributed by atoms with Crippen LogP contribution in [0.2, 0.25) is 0 Å². The summed E-state index contributed by atoms with van der Waals surface area (Å²) in [5, 5.41) is 0. The summed E-state index contributed by atoms with van der Waals surface area (Å²) in [5.41, 5.74) is 8.90. The van der Waals surface area contributed by atoms with Gasteiger partial charge in [-0.15, -0.1) is 0 Å². The van der Waals surface area contributed by atoms with Crippen molar-refractivity contribution in [2.45, 2.75) is 32.6 Å². The highest BCUT2D eigenvalue weighted by Gasteiger charge is 2.46. The van der Waals surface area contributed by atoms with Crippen LogP contribution in [0.25, 0.3) is 0 Å². The number of nitrogens with zero attached hydrogens (tertiary/aromatic N) is 1. The second-order valence-electron chi connectivity index (χ2n) is 9.45. The van der Waals surface area contributed by atoms with Crippen molar-refractivity contribution in [1.29, 1.82) is 0 Å². The van der Waals surface area contributed by atoms with Crippen LogP contribution in [-0.4, -0.2) is 25.7 Å². The number of ketones is 1. The number of nitrogens with two attached hydrogens (primary N) is 1. The third-order valence-corrected chi connectivity index (χ3v) is 6.48. The maximum atomic E-state index is 13.7. The first-order valence-corrected chi connectivity index (χ1v) is 11.0. The number of fused-ring (bicyclic) bond motifs is 1. The van der Waals surface area contributed by atoms with E-state index in [-0.39, 0.29) is 29.4 Å². The molecule has 0 unspecified atom stereocenters. The normalized spacial score (nSPS) is 21.0. The quantitative estimate of drug-likeness (QED) is 0.683. The van der Waals surface area contributed by atoms with Gasteiger partial charge in [0, 0.05) is 23.4 Å². The smallest absolute Gasteiger partial charge is 0.338 e. The summed E-state index contributed by atoms with van der Waals surface area (Å²) in [5.74, 6) is -0.584. The van der Waals surface area contributed by atoms with E-state index in [1.165, 1.54) is 19.2 Å². The molecule has 34 heavy (non-hydrogen) atoms. The van der Waals surface area contributed by atoms with E-state index in [9.17, 15) is 14.0 Å². The topological polar surface area (TPSA) is 91.1 Å². The van der Waals surface area contributed by atoms with Gasteiger partial charge in [0.15, 0.2) is 17.3 Å². The molecule has 2 heterocycles. The summed E-state index contributed by atoms with van der Waals surface area (Å²) in [6.07, 6.45) is 0.861. The Kier molecular flexibility index (Phi) is 5.11. The largest absolute Gasteiger partial charge is 0.466 e. The van der Waals surface area contributed by atoms with Gasteiger partial charge in [-0.2, -0.15) is 0 Å². The number of rotatable bonds is 3. The summed E-state index contributed by atoms with van der Waals surface area (Å²) in [7, 11) is 1.28. The fourth-order valence-electron chi connectivity index (χ4n) is 5.03. The van der Waals surface area contributed by atoms with Crippen molar-refractivity contribution < 1.29 is 28.2 Å². The minimum atomic E-state index is -0.739. The van der Waals surface area contributed by atoms with E-state index in [2.05, 4.69) is 0 Å². The van der Waals surface area contributed by atoms with Crippen LogP contribution in [-0.2, 0) is 14.3 Å². The molecule has 0 amide bonds. The number of hydrogen-bond donors (Lipinski definition) is 1. The van der Waals surface area contributed by atoms with Gasteiger partial charge in [-0.25, -0.2) is 9.18 Å². The third-order valence-electron chi connectivity index (χ3n) is 6.48. The number of carbonyl (C=O) groups excluding carboxylic acids is 2. The van der Waals surface area contributed by atoms with Crippen molar-refractivity contribution >= 4 is 17.4 Å². The number of esters is 1. The van der Waals surface area contributed by atoms with E-state index in [1.54, 1.807) is 35.2 Å². The Morgan fingerprint density at radius 3 is 2.53 bits per heavy atom. The molecule has 8 heteroatoms. The van der Waals surface area contributed by atoms with Gasteiger partial charge in [-0.3, -0.25) is 9.69 Å². The third kappa shape index (κ3) is 3.50. The Morgan fingerprint density at radius 2 is 1.82 bits per heavy atom. The van der Waals surface area contributed by atoms with Gasteiger partial charge < -0.3 is 19.9 Å². The first-order valence-electron chi connectivity index (χ1n) is 11.0.